The van der Waals surface area contributed by atoms with Gasteiger partial charge in [-0.05, 0) is 31.3 Å². The highest BCUT2D eigenvalue weighted by molar-refractivity contribution is 4.97. The number of aromatic nitrogens is 2. The number of nitrogens with one attached hydrogen (secondary N) is 1. The van der Waals surface area contributed by atoms with Gasteiger partial charge in [0.25, 0.3) is 0 Å². The lowest BCUT2D eigenvalue weighted by Gasteiger charge is -2.33. The molecule has 0 spiro atoms. The van der Waals surface area contributed by atoms with Crippen LogP contribution in [-0.2, 0) is 13.5 Å². The fraction of sp³-hybridized carbons (Fsp3) is 0.727. The largest absolute Gasteiger partial charge is 0.338 e. The molecular formula is C11H19N3. The highest BCUT2D eigenvalue weighted by atomic mass is 15.0. The Morgan fingerprint density at radius 3 is 2.79 bits per heavy atom. The molecule has 0 unspecified atom stereocenters. The SMILES string of the molecule is Cn1ccnc1CC1(C)CCNCC1. The monoisotopic (exact) mass is 193 g/mol. The average Bonchev–Trinajstić information content (AvgIpc) is 2.52. The van der Waals surface area contributed by atoms with E-state index in [1.54, 1.807) is 0 Å². The topological polar surface area (TPSA) is 29.9 Å². The molecule has 3 nitrogen and oxygen atoms in total. The second kappa shape index (κ2) is 3.73. The molecule has 0 aromatic carbocycles. The Morgan fingerprint density at radius 2 is 2.21 bits per heavy atom. The van der Waals surface area contributed by atoms with Crippen LogP contribution in [0.25, 0.3) is 0 Å². The molecule has 78 valence electrons. The van der Waals surface area contributed by atoms with E-state index in [-0.39, 0.29) is 0 Å². The van der Waals surface area contributed by atoms with Crippen LogP contribution in [0.5, 0.6) is 0 Å². The van der Waals surface area contributed by atoms with Gasteiger partial charge in [0.05, 0.1) is 0 Å². The average molecular weight is 193 g/mol. The highest BCUT2D eigenvalue weighted by Gasteiger charge is 2.28. The zero-order valence-electron chi connectivity index (χ0n) is 9.08. The summed E-state index contributed by atoms with van der Waals surface area (Å²) in [5.41, 5.74) is 0.449. The first-order valence-electron chi connectivity index (χ1n) is 5.37. The first-order valence-corrected chi connectivity index (χ1v) is 5.37. The van der Waals surface area contributed by atoms with Gasteiger partial charge < -0.3 is 9.88 Å². The van der Waals surface area contributed by atoms with E-state index in [1.807, 2.05) is 12.4 Å². The van der Waals surface area contributed by atoms with E-state index < -0.39 is 0 Å². The number of hydrogen-bond acceptors (Lipinski definition) is 2. The van der Waals surface area contributed by atoms with Gasteiger partial charge in [-0.15, -0.1) is 0 Å². The van der Waals surface area contributed by atoms with Gasteiger partial charge in [-0.25, -0.2) is 4.98 Å². The van der Waals surface area contributed by atoms with E-state index in [0.29, 0.717) is 5.41 Å². The molecule has 0 bridgehead atoms. The Balaban J connectivity index is 2.05. The van der Waals surface area contributed by atoms with Crippen molar-refractivity contribution in [2.75, 3.05) is 13.1 Å². The maximum Gasteiger partial charge on any atom is 0.108 e. The molecule has 1 fully saturated rings. The summed E-state index contributed by atoms with van der Waals surface area (Å²) in [6.07, 6.45) is 7.55. The summed E-state index contributed by atoms with van der Waals surface area (Å²) >= 11 is 0. The Labute approximate surface area is 85.5 Å². The number of aryl methyl sites for hydroxylation is 1. The van der Waals surface area contributed by atoms with Gasteiger partial charge in [0, 0.05) is 25.9 Å². The third kappa shape index (κ3) is 1.98. The lowest BCUT2D eigenvalue weighted by Crippen LogP contribution is -2.36. The van der Waals surface area contributed by atoms with Gasteiger partial charge in [-0.3, -0.25) is 0 Å². The molecule has 3 heteroatoms. The second-order valence-corrected chi connectivity index (χ2v) is 4.69. The van der Waals surface area contributed by atoms with Crippen molar-refractivity contribution < 1.29 is 0 Å². The Bertz CT molecular complexity index is 297. The third-order valence-electron chi connectivity index (χ3n) is 3.32. The van der Waals surface area contributed by atoms with Crippen molar-refractivity contribution in [3.8, 4) is 0 Å². The lowest BCUT2D eigenvalue weighted by atomic mass is 9.78. The normalized spacial score (nSPS) is 21.0. The molecule has 1 aliphatic heterocycles. The third-order valence-corrected chi connectivity index (χ3v) is 3.32. The lowest BCUT2D eigenvalue weighted by molar-refractivity contribution is 0.222. The van der Waals surface area contributed by atoms with Crippen molar-refractivity contribution in [2.24, 2.45) is 12.5 Å². The molecule has 1 N–H and O–H groups in total. The smallest absolute Gasteiger partial charge is 0.108 e. The summed E-state index contributed by atoms with van der Waals surface area (Å²) < 4.78 is 2.13. The summed E-state index contributed by atoms with van der Waals surface area (Å²) in [4.78, 5) is 4.40. The van der Waals surface area contributed by atoms with Crippen LogP contribution < -0.4 is 5.32 Å². The second-order valence-electron chi connectivity index (χ2n) is 4.69. The van der Waals surface area contributed by atoms with Crippen LogP contribution in [0.15, 0.2) is 12.4 Å². The minimum absolute atomic E-state index is 0.449. The van der Waals surface area contributed by atoms with Crippen LogP contribution >= 0.6 is 0 Å². The number of piperidine rings is 1. The fourth-order valence-electron chi connectivity index (χ4n) is 2.16. The first-order chi connectivity index (χ1) is 6.70. The van der Waals surface area contributed by atoms with Crippen LogP contribution in [0.4, 0.5) is 0 Å². The molecule has 0 atom stereocenters. The van der Waals surface area contributed by atoms with E-state index in [4.69, 9.17) is 0 Å². The van der Waals surface area contributed by atoms with Crippen LogP contribution in [0.3, 0.4) is 0 Å². The molecule has 14 heavy (non-hydrogen) atoms. The van der Waals surface area contributed by atoms with Crippen LogP contribution in [0, 0.1) is 5.41 Å². The fourth-order valence-corrected chi connectivity index (χ4v) is 2.16. The van der Waals surface area contributed by atoms with Crippen LogP contribution in [0.2, 0.25) is 0 Å². The molecule has 1 aliphatic rings. The van der Waals surface area contributed by atoms with Crippen molar-refractivity contribution in [1.29, 1.82) is 0 Å². The Morgan fingerprint density at radius 1 is 1.50 bits per heavy atom. The van der Waals surface area contributed by atoms with Crippen molar-refractivity contribution >= 4 is 0 Å². The summed E-state index contributed by atoms with van der Waals surface area (Å²) in [7, 11) is 2.08. The zero-order valence-corrected chi connectivity index (χ0v) is 9.08. The number of imidazole rings is 1. The maximum atomic E-state index is 4.40. The summed E-state index contributed by atoms with van der Waals surface area (Å²) in [5.74, 6) is 1.22. The highest BCUT2D eigenvalue weighted by Crippen LogP contribution is 2.31. The first kappa shape index (κ1) is 9.71. The Kier molecular flexibility index (Phi) is 2.59. The molecule has 1 saturated heterocycles. The maximum absolute atomic E-state index is 4.40. The summed E-state index contributed by atoms with van der Waals surface area (Å²) in [6.45, 7) is 4.68. The Hall–Kier alpha value is -0.830. The van der Waals surface area contributed by atoms with E-state index in [2.05, 4.69) is 28.8 Å². The molecule has 1 aromatic rings. The van der Waals surface area contributed by atoms with E-state index in [0.717, 1.165) is 19.5 Å². The van der Waals surface area contributed by atoms with Gasteiger partial charge >= 0.3 is 0 Å². The molecule has 0 amide bonds. The van der Waals surface area contributed by atoms with Crippen molar-refractivity contribution in [3.05, 3.63) is 18.2 Å². The number of nitrogens with zero attached hydrogens (tertiary/aromatic N) is 2. The molecule has 1 aromatic heterocycles. The van der Waals surface area contributed by atoms with Gasteiger partial charge in [0.1, 0.15) is 5.82 Å². The van der Waals surface area contributed by atoms with Gasteiger partial charge in [0.15, 0.2) is 0 Å². The van der Waals surface area contributed by atoms with E-state index in [1.165, 1.54) is 18.7 Å². The minimum Gasteiger partial charge on any atom is -0.338 e. The molecule has 2 heterocycles. The number of hydrogen-bond donors (Lipinski definition) is 1. The van der Waals surface area contributed by atoms with Crippen molar-refractivity contribution in [1.82, 2.24) is 14.9 Å². The molecule has 0 aliphatic carbocycles. The molecule has 0 radical (unpaired) electrons. The predicted molar refractivity (Wildman–Crippen MR) is 57.1 cm³/mol. The minimum atomic E-state index is 0.449. The standard InChI is InChI=1S/C11H19N3/c1-11(3-5-12-6-4-11)9-10-13-7-8-14(10)2/h7-8,12H,3-6,9H2,1-2H3. The van der Waals surface area contributed by atoms with Crippen molar-refractivity contribution in [2.45, 2.75) is 26.2 Å². The van der Waals surface area contributed by atoms with Gasteiger partial charge in [-0.1, -0.05) is 6.92 Å². The van der Waals surface area contributed by atoms with Crippen LogP contribution in [-0.4, -0.2) is 22.6 Å². The van der Waals surface area contributed by atoms with Crippen molar-refractivity contribution in [3.63, 3.8) is 0 Å². The zero-order chi connectivity index (χ0) is 10.0. The van der Waals surface area contributed by atoms with Crippen LogP contribution in [0.1, 0.15) is 25.6 Å². The molecular weight excluding hydrogens is 174 g/mol. The summed E-state index contributed by atoms with van der Waals surface area (Å²) in [5, 5.41) is 3.41. The quantitative estimate of drug-likeness (QED) is 0.768. The van der Waals surface area contributed by atoms with Gasteiger partial charge in [0.2, 0.25) is 0 Å². The van der Waals surface area contributed by atoms with E-state index >= 15 is 0 Å². The summed E-state index contributed by atoms with van der Waals surface area (Å²) in [6, 6.07) is 0. The molecule has 2 rings (SSSR count). The van der Waals surface area contributed by atoms with E-state index in [9.17, 15) is 0 Å². The van der Waals surface area contributed by atoms with Gasteiger partial charge in [-0.2, -0.15) is 0 Å². The molecule has 0 saturated carbocycles. The predicted octanol–water partition coefficient (Wildman–Crippen LogP) is 1.35. The number of rotatable bonds is 2.